The van der Waals surface area contributed by atoms with E-state index in [1.54, 1.807) is 0 Å². The number of aliphatic hydroxyl groups is 1. The summed E-state index contributed by atoms with van der Waals surface area (Å²) >= 11 is 8.14. The number of nitrogens with two attached hydrogens (primary N) is 1. The van der Waals surface area contributed by atoms with Crippen LogP contribution in [0.1, 0.15) is 19.0 Å². The molecule has 4 nitrogen and oxygen atoms in total. The largest absolute Gasteiger partial charge is 0.396 e. The minimum atomic E-state index is -0.551. The molecule has 0 unspecified atom stereocenters. The maximum atomic E-state index is 9.08. The smallest absolute Gasteiger partial charge is 0.164 e. The summed E-state index contributed by atoms with van der Waals surface area (Å²) in [6, 6.07) is 5.58. The third kappa shape index (κ3) is 3.40. The normalized spacial score (nSPS) is 14.2. The number of nitrogens with one attached hydrogen (secondary N) is 1. The lowest BCUT2D eigenvalue weighted by atomic mass is 9.93. The third-order valence-corrected chi connectivity index (χ3v) is 2.84. The van der Waals surface area contributed by atoms with Crippen LogP contribution in [-0.4, -0.2) is 21.8 Å². The van der Waals surface area contributed by atoms with Crippen LogP contribution in [0.15, 0.2) is 22.8 Å². The number of aromatic nitrogens is 1. The molecule has 0 saturated carbocycles. The molecule has 0 aliphatic carbocycles. The van der Waals surface area contributed by atoms with E-state index in [1.807, 2.05) is 25.1 Å². The first kappa shape index (κ1) is 13.3. The number of rotatable bonds is 4. The highest BCUT2D eigenvalue weighted by Crippen LogP contribution is 2.23. The van der Waals surface area contributed by atoms with Crippen LogP contribution >= 0.6 is 28.1 Å². The van der Waals surface area contributed by atoms with Crippen LogP contribution in [0.2, 0.25) is 0 Å². The predicted molar refractivity (Wildman–Crippen MR) is 70.9 cm³/mol. The summed E-state index contributed by atoms with van der Waals surface area (Å²) in [5.41, 5.74) is 5.71. The molecule has 0 spiro atoms. The van der Waals surface area contributed by atoms with E-state index in [-0.39, 0.29) is 11.7 Å². The molecule has 0 aliphatic rings. The minimum Gasteiger partial charge on any atom is -0.396 e. The highest BCUT2D eigenvalue weighted by atomic mass is 79.9. The summed E-state index contributed by atoms with van der Waals surface area (Å²) in [6.07, 6.45) is 0.480. The van der Waals surface area contributed by atoms with Gasteiger partial charge in [-0.1, -0.05) is 6.07 Å². The lowest BCUT2D eigenvalue weighted by Crippen LogP contribution is -2.47. The second kappa shape index (κ2) is 5.56. The zero-order valence-electron chi connectivity index (χ0n) is 8.90. The third-order valence-electron chi connectivity index (χ3n) is 2.29. The molecule has 1 aromatic heterocycles. The first-order chi connectivity index (χ1) is 7.48. The Labute approximate surface area is 108 Å². The van der Waals surface area contributed by atoms with E-state index in [1.165, 1.54) is 0 Å². The zero-order valence-corrected chi connectivity index (χ0v) is 11.3. The average Bonchev–Trinajstić information content (AvgIpc) is 2.16. The van der Waals surface area contributed by atoms with Crippen molar-refractivity contribution in [3.05, 3.63) is 28.5 Å². The van der Waals surface area contributed by atoms with Gasteiger partial charge in [0, 0.05) is 6.61 Å². The molecule has 0 aliphatic heterocycles. The van der Waals surface area contributed by atoms with Gasteiger partial charge in [-0.15, -0.1) is 0 Å². The van der Waals surface area contributed by atoms with Gasteiger partial charge in [-0.05, 0) is 53.6 Å². The first-order valence-corrected chi connectivity index (χ1v) is 5.99. The molecular formula is C10H14BrN3OS. The number of halogens is 1. The quantitative estimate of drug-likeness (QED) is 0.577. The number of pyridine rings is 1. The number of aliphatic hydroxyl groups excluding tert-OH is 1. The highest BCUT2D eigenvalue weighted by molar-refractivity contribution is 9.10. The van der Waals surface area contributed by atoms with Crippen molar-refractivity contribution in [2.45, 2.75) is 18.9 Å². The standard InChI is InChI=1S/C10H14BrN3OS/c1-10(5-6-15,14-9(12)16)7-3-2-4-8(11)13-7/h2-4,15H,5-6H2,1H3,(H3,12,14,16)/t10-/m0/s1. The van der Waals surface area contributed by atoms with Gasteiger partial charge < -0.3 is 16.2 Å². The molecule has 0 amide bonds. The van der Waals surface area contributed by atoms with Crippen LogP contribution in [0.5, 0.6) is 0 Å². The zero-order chi connectivity index (χ0) is 12.2. The van der Waals surface area contributed by atoms with E-state index in [0.29, 0.717) is 6.42 Å². The Morgan fingerprint density at radius 1 is 1.69 bits per heavy atom. The number of thiocarbonyl (C=S) groups is 1. The number of hydrogen-bond acceptors (Lipinski definition) is 3. The fourth-order valence-corrected chi connectivity index (χ4v) is 2.03. The molecule has 1 atom stereocenters. The SMILES string of the molecule is C[C@@](CCO)(NC(N)=S)c1cccc(Br)n1. The number of nitrogens with zero attached hydrogens (tertiary/aromatic N) is 1. The molecular weight excluding hydrogens is 290 g/mol. The van der Waals surface area contributed by atoms with Gasteiger partial charge in [0.05, 0.1) is 11.2 Å². The van der Waals surface area contributed by atoms with E-state index in [9.17, 15) is 0 Å². The van der Waals surface area contributed by atoms with Gasteiger partial charge in [-0.25, -0.2) is 4.98 Å². The van der Waals surface area contributed by atoms with Crippen LogP contribution in [0.25, 0.3) is 0 Å². The maximum absolute atomic E-state index is 9.08. The Bertz CT molecular complexity index is 388. The molecule has 0 aromatic carbocycles. The van der Waals surface area contributed by atoms with Crippen molar-refractivity contribution in [3.63, 3.8) is 0 Å². The Balaban J connectivity index is 3.05. The molecule has 0 fully saturated rings. The summed E-state index contributed by atoms with van der Waals surface area (Å²) in [6.45, 7) is 1.93. The topological polar surface area (TPSA) is 71.2 Å². The molecule has 1 heterocycles. The molecule has 0 bridgehead atoms. The lowest BCUT2D eigenvalue weighted by Gasteiger charge is -2.30. The molecule has 0 radical (unpaired) electrons. The summed E-state index contributed by atoms with van der Waals surface area (Å²) in [5.74, 6) is 0. The second-order valence-corrected chi connectivity index (χ2v) is 4.89. The van der Waals surface area contributed by atoms with E-state index in [2.05, 4.69) is 26.2 Å². The summed E-state index contributed by atoms with van der Waals surface area (Å²) in [5, 5.41) is 12.2. The van der Waals surface area contributed by atoms with Crippen molar-refractivity contribution >= 4 is 33.3 Å². The predicted octanol–water partition coefficient (Wildman–Crippen LogP) is 1.27. The lowest BCUT2D eigenvalue weighted by molar-refractivity contribution is 0.233. The van der Waals surface area contributed by atoms with Gasteiger partial charge in [0.15, 0.2) is 5.11 Å². The van der Waals surface area contributed by atoms with Gasteiger partial charge in [0.25, 0.3) is 0 Å². The molecule has 1 aromatic rings. The van der Waals surface area contributed by atoms with Crippen LogP contribution < -0.4 is 11.1 Å². The molecule has 1 rings (SSSR count). The fraction of sp³-hybridized carbons (Fsp3) is 0.400. The Hall–Kier alpha value is -0.720. The van der Waals surface area contributed by atoms with Crippen LogP contribution in [-0.2, 0) is 5.54 Å². The summed E-state index contributed by atoms with van der Waals surface area (Å²) in [7, 11) is 0. The van der Waals surface area contributed by atoms with Gasteiger partial charge in [-0.3, -0.25) is 0 Å². The fourth-order valence-electron chi connectivity index (χ4n) is 1.47. The summed E-state index contributed by atoms with van der Waals surface area (Å²) in [4.78, 5) is 4.34. The van der Waals surface area contributed by atoms with E-state index in [4.69, 9.17) is 23.1 Å². The molecule has 88 valence electrons. The van der Waals surface area contributed by atoms with E-state index in [0.717, 1.165) is 10.3 Å². The Morgan fingerprint density at radius 3 is 2.88 bits per heavy atom. The molecule has 16 heavy (non-hydrogen) atoms. The highest BCUT2D eigenvalue weighted by Gasteiger charge is 2.27. The van der Waals surface area contributed by atoms with Crippen molar-refractivity contribution in [2.75, 3.05) is 6.61 Å². The Morgan fingerprint density at radius 2 is 2.38 bits per heavy atom. The molecule has 6 heteroatoms. The van der Waals surface area contributed by atoms with Crippen LogP contribution in [0.3, 0.4) is 0 Å². The van der Waals surface area contributed by atoms with Gasteiger partial charge in [-0.2, -0.15) is 0 Å². The van der Waals surface area contributed by atoms with E-state index < -0.39 is 5.54 Å². The minimum absolute atomic E-state index is 0.0281. The average molecular weight is 304 g/mol. The van der Waals surface area contributed by atoms with Crippen molar-refractivity contribution in [1.82, 2.24) is 10.3 Å². The monoisotopic (exact) mass is 303 g/mol. The van der Waals surface area contributed by atoms with Gasteiger partial charge in [0.1, 0.15) is 4.60 Å². The Kier molecular flexibility index (Phi) is 4.64. The summed E-state index contributed by atoms with van der Waals surface area (Å²) < 4.78 is 0.735. The van der Waals surface area contributed by atoms with Crippen molar-refractivity contribution in [2.24, 2.45) is 5.73 Å². The van der Waals surface area contributed by atoms with Gasteiger partial charge >= 0.3 is 0 Å². The molecule has 0 saturated heterocycles. The number of hydrogen-bond donors (Lipinski definition) is 3. The van der Waals surface area contributed by atoms with Crippen LogP contribution in [0.4, 0.5) is 0 Å². The molecule has 4 N–H and O–H groups in total. The van der Waals surface area contributed by atoms with Crippen LogP contribution in [0, 0.1) is 0 Å². The van der Waals surface area contributed by atoms with Crippen molar-refractivity contribution < 1.29 is 5.11 Å². The van der Waals surface area contributed by atoms with Crippen molar-refractivity contribution in [1.29, 1.82) is 0 Å². The van der Waals surface area contributed by atoms with Gasteiger partial charge in [0.2, 0.25) is 0 Å². The second-order valence-electron chi connectivity index (χ2n) is 3.64. The van der Waals surface area contributed by atoms with Crippen molar-refractivity contribution in [3.8, 4) is 0 Å². The maximum Gasteiger partial charge on any atom is 0.164 e. The first-order valence-electron chi connectivity index (χ1n) is 4.79. The van der Waals surface area contributed by atoms with E-state index >= 15 is 0 Å².